The monoisotopic (exact) mass is 243 g/mol. The molecule has 0 N–H and O–H groups in total. The number of hydrogen-bond donors (Lipinski definition) is 0. The molecule has 17 heavy (non-hydrogen) atoms. The quantitative estimate of drug-likeness (QED) is 0.763. The number of halogens is 3. The van der Waals surface area contributed by atoms with E-state index in [4.69, 9.17) is 0 Å². The average molecular weight is 243 g/mol. The van der Waals surface area contributed by atoms with Crippen LogP contribution in [0.4, 0.5) is 13.2 Å². The van der Waals surface area contributed by atoms with Crippen molar-refractivity contribution in [2.45, 2.75) is 45.6 Å². The minimum Gasteiger partial charge on any atom is -0.292 e. The van der Waals surface area contributed by atoms with Crippen molar-refractivity contribution in [1.29, 1.82) is 0 Å². The van der Waals surface area contributed by atoms with E-state index in [0.29, 0.717) is 12.6 Å². The number of hydrogen-bond acceptors (Lipinski definition) is 1. The Bertz CT molecular complexity index is 412. The lowest BCUT2D eigenvalue weighted by Gasteiger charge is -2.21. The van der Waals surface area contributed by atoms with Crippen molar-refractivity contribution >= 4 is 0 Å². The fourth-order valence-corrected chi connectivity index (χ4v) is 2.17. The highest BCUT2D eigenvalue weighted by Gasteiger charge is 2.32. The second-order valence-electron chi connectivity index (χ2n) is 4.64. The highest BCUT2D eigenvalue weighted by Crippen LogP contribution is 2.33. The van der Waals surface area contributed by atoms with E-state index in [0.717, 1.165) is 24.1 Å². The van der Waals surface area contributed by atoms with Gasteiger partial charge in [-0.15, -0.1) is 0 Å². The van der Waals surface area contributed by atoms with Gasteiger partial charge >= 0.3 is 6.18 Å². The smallest absolute Gasteiger partial charge is 0.292 e. The van der Waals surface area contributed by atoms with Crippen LogP contribution in [0.1, 0.15) is 37.0 Å². The summed E-state index contributed by atoms with van der Waals surface area (Å²) in [6.07, 6.45) is -3.22. The maximum atomic E-state index is 12.6. The third-order valence-corrected chi connectivity index (χ3v) is 3.49. The summed E-state index contributed by atoms with van der Waals surface area (Å²) in [4.78, 5) is 2.21. The largest absolute Gasteiger partial charge is 0.416 e. The second kappa shape index (κ2) is 4.33. The maximum Gasteiger partial charge on any atom is 0.416 e. The molecule has 1 aliphatic heterocycles. The van der Waals surface area contributed by atoms with Gasteiger partial charge in [0.1, 0.15) is 0 Å². The van der Waals surface area contributed by atoms with Gasteiger partial charge in [0.25, 0.3) is 0 Å². The van der Waals surface area contributed by atoms with Gasteiger partial charge in [0.05, 0.1) is 5.56 Å². The first-order valence-electron chi connectivity index (χ1n) is 5.85. The van der Waals surface area contributed by atoms with E-state index < -0.39 is 11.7 Å². The standard InChI is InChI=1S/C13H16F3N/c1-3-9(2)17-7-10-4-5-12(13(14,15)16)6-11(10)8-17/h4-6,9H,3,7-8H2,1-2H3. The predicted octanol–water partition coefficient (Wildman–Crippen LogP) is 3.82. The molecule has 94 valence electrons. The molecule has 0 aromatic heterocycles. The van der Waals surface area contributed by atoms with E-state index in [2.05, 4.69) is 18.7 Å². The third kappa shape index (κ3) is 2.46. The lowest BCUT2D eigenvalue weighted by molar-refractivity contribution is -0.137. The molecule has 0 amide bonds. The van der Waals surface area contributed by atoms with Gasteiger partial charge in [-0.2, -0.15) is 13.2 Å². The first-order chi connectivity index (χ1) is 7.91. The fourth-order valence-electron chi connectivity index (χ4n) is 2.17. The minimum atomic E-state index is -4.24. The Kier molecular flexibility index (Phi) is 3.17. The van der Waals surface area contributed by atoms with Gasteiger partial charge in [0.15, 0.2) is 0 Å². The Morgan fingerprint density at radius 3 is 2.47 bits per heavy atom. The number of alkyl halides is 3. The molecule has 0 saturated carbocycles. The summed E-state index contributed by atoms with van der Waals surface area (Å²) in [5.41, 5.74) is 1.31. The molecular weight excluding hydrogens is 227 g/mol. The van der Waals surface area contributed by atoms with E-state index >= 15 is 0 Å². The van der Waals surface area contributed by atoms with Crippen LogP contribution in [-0.2, 0) is 19.3 Å². The van der Waals surface area contributed by atoms with Crippen molar-refractivity contribution in [3.8, 4) is 0 Å². The van der Waals surface area contributed by atoms with Crippen LogP contribution in [0.15, 0.2) is 18.2 Å². The summed E-state index contributed by atoms with van der Waals surface area (Å²) in [6.45, 7) is 5.60. The summed E-state index contributed by atoms with van der Waals surface area (Å²) in [6, 6.07) is 4.49. The van der Waals surface area contributed by atoms with Gasteiger partial charge < -0.3 is 0 Å². The molecule has 0 spiro atoms. The Hall–Kier alpha value is -1.03. The molecule has 1 aromatic rings. The zero-order valence-electron chi connectivity index (χ0n) is 10.0. The van der Waals surface area contributed by atoms with Crippen molar-refractivity contribution in [2.24, 2.45) is 0 Å². The van der Waals surface area contributed by atoms with E-state index in [1.54, 1.807) is 6.07 Å². The Balaban J connectivity index is 2.22. The minimum absolute atomic E-state index is 0.414. The molecule has 1 aliphatic rings. The average Bonchev–Trinajstić information content (AvgIpc) is 2.69. The number of fused-ring (bicyclic) bond motifs is 1. The van der Waals surface area contributed by atoms with Crippen molar-refractivity contribution in [3.63, 3.8) is 0 Å². The van der Waals surface area contributed by atoms with Gasteiger partial charge in [-0.1, -0.05) is 13.0 Å². The number of nitrogens with zero attached hydrogens (tertiary/aromatic N) is 1. The van der Waals surface area contributed by atoms with Gasteiger partial charge in [-0.05, 0) is 36.6 Å². The van der Waals surface area contributed by atoms with Gasteiger partial charge in [-0.3, -0.25) is 4.90 Å². The fraction of sp³-hybridized carbons (Fsp3) is 0.538. The highest BCUT2D eigenvalue weighted by atomic mass is 19.4. The van der Waals surface area contributed by atoms with Gasteiger partial charge in [0.2, 0.25) is 0 Å². The van der Waals surface area contributed by atoms with Crippen LogP contribution in [0.3, 0.4) is 0 Å². The molecule has 1 unspecified atom stereocenters. The molecule has 0 radical (unpaired) electrons. The van der Waals surface area contributed by atoms with Crippen LogP contribution in [0.25, 0.3) is 0 Å². The van der Waals surface area contributed by atoms with Crippen molar-refractivity contribution < 1.29 is 13.2 Å². The SMILES string of the molecule is CCC(C)N1Cc2ccc(C(F)(F)F)cc2C1. The predicted molar refractivity (Wildman–Crippen MR) is 60.4 cm³/mol. The first-order valence-corrected chi connectivity index (χ1v) is 5.85. The van der Waals surface area contributed by atoms with Gasteiger partial charge in [-0.25, -0.2) is 0 Å². The first kappa shape index (κ1) is 12.4. The topological polar surface area (TPSA) is 3.24 Å². The molecule has 0 fully saturated rings. The van der Waals surface area contributed by atoms with Gasteiger partial charge in [0, 0.05) is 19.1 Å². The number of rotatable bonds is 2. The molecule has 0 aliphatic carbocycles. The molecule has 1 nitrogen and oxygen atoms in total. The van der Waals surface area contributed by atoms with E-state index in [1.807, 2.05) is 0 Å². The Morgan fingerprint density at radius 2 is 1.88 bits per heavy atom. The Morgan fingerprint density at radius 1 is 1.24 bits per heavy atom. The molecule has 1 heterocycles. The second-order valence-corrected chi connectivity index (χ2v) is 4.64. The summed E-state index contributed by atoms with van der Waals surface area (Å²) in [7, 11) is 0. The summed E-state index contributed by atoms with van der Waals surface area (Å²) < 4.78 is 37.7. The lowest BCUT2D eigenvalue weighted by atomic mass is 10.1. The van der Waals surface area contributed by atoms with E-state index in [-0.39, 0.29) is 0 Å². The van der Waals surface area contributed by atoms with Crippen molar-refractivity contribution in [1.82, 2.24) is 4.90 Å². The summed E-state index contributed by atoms with van der Waals surface area (Å²) in [5, 5.41) is 0. The summed E-state index contributed by atoms with van der Waals surface area (Å²) >= 11 is 0. The molecule has 0 bridgehead atoms. The Labute approximate surface area is 99.2 Å². The molecule has 4 heteroatoms. The molecule has 1 aromatic carbocycles. The number of benzene rings is 1. The van der Waals surface area contributed by atoms with Crippen LogP contribution in [0.2, 0.25) is 0 Å². The molecule has 2 rings (SSSR count). The normalized spacial score (nSPS) is 18.2. The zero-order valence-corrected chi connectivity index (χ0v) is 10.0. The van der Waals surface area contributed by atoms with Crippen LogP contribution in [0.5, 0.6) is 0 Å². The van der Waals surface area contributed by atoms with Crippen molar-refractivity contribution in [2.75, 3.05) is 0 Å². The third-order valence-electron chi connectivity index (χ3n) is 3.49. The van der Waals surface area contributed by atoms with Crippen molar-refractivity contribution in [3.05, 3.63) is 34.9 Å². The highest BCUT2D eigenvalue weighted by molar-refractivity contribution is 5.36. The zero-order chi connectivity index (χ0) is 12.6. The molecule has 0 saturated heterocycles. The van der Waals surface area contributed by atoms with E-state index in [9.17, 15) is 13.2 Å². The molecular formula is C13H16F3N. The van der Waals surface area contributed by atoms with Crippen LogP contribution in [0, 0.1) is 0 Å². The van der Waals surface area contributed by atoms with Crippen LogP contribution >= 0.6 is 0 Å². The summed E-state index contributed by atoms with van der Waals surface area (Å²) in [5.74, 6) is 0. The van der Waals surface area contributed by atoms with Crippen LogP contribution in [-0.4, -0.2) is 10.9 Å². The molecule has 1 atom stereocenters. The van der Waals surface area contributed by atoms with E-state index in [1.165, 1.54) is 12.1 Å². The maximum absolute atomic E-state index is 12.6. The lowest BCUT2D eigenvalue weighted by Crippen LogP contribution is -2.26. The van der Waals surface area contributed by atoms with Crippen LogP contribution < -0.4 is 0 Å².